The average Bonchev–Trinajstić information content (AvgIpc) is 2.75. The molecule has 4 heteroatoms. The zero-order valence-electron chi connectivity index (χ0n) is 14.7. The Hall–Kier alpha value is -3.71. The van der Waals surface area contributed by atoms with Gasteiger partial charge in [0.15, 0.2) is 5.69 Å². The number of fused-ring (bicyclic) bond motifs is 1. The Bertz CT molecular complexity index is 1050. The predicted octanol–water partition coefficient (Wildman–Crippen LogP) is 4.75. The molecule has 0 bridgehead atoms. The molecule has 0 saturated carbocycles. The first-order valence-electron chi connectivity index (χ1n) is 8.86. The zero-order chi connectivity index (χ0) is 18.5. The van der Waals surface area contributed by atoms with Crippen molar-refractivity contribution in [3.63, 3.8) is 0 Å². The topological polar surface area (TPSA) is 61.6 Å². The molecular formula is C23H18N4. The molecule has 0 spiro atoms. The van der Waals surface area contributed by atoms with Crippen LogP contribution in [-0.4, -0.2) is 16.7 Å². The number of nitriles is 1. The number of nitrogens with one attached hydrogen (secondary N) is 1. The Morgan fingerprint density at radius 3 is 2.00 bits per heavy atom. The van der Waals surface area contributed by atoms with E-state index in [0.29, 0.717) is 12.2 Å². The lowest BCUT2D eigenvalue weighted by Gasteiger charge is -2.20. The molecule has 0 fully saturated rings. The zero-order valence-corrected chi connectivity index (χ0v) is 14.7. The van der Waals surface area contributed by atoms with Crippen LogP contribution >= 0.6 is 0 Å². The minimum absolute atomic E-state index is 0.158. The van der Waals surface area contributed by atoms with Gasteiger partial charge in [-0.3, -0.25) is 0 Å². The van der Waals surface area contributed by atoms with Crippen LogP contribution in [0.1, 0.15) is 22.7 Å². The van der Waals surface area contributed by atoms with Gasteiger partial charge in [-0.15, -0.1) is 10.2 Å². The first-order valence-corrected chi connectivity index (χ1v) is 8.86. The van der Waals surface area contributed by atoms with Crippen molar-refractivity contribution >= 4 is 16.6 Å². The maximum atomic E-state index is 9.48. The number of rotatable bonds is 5. The van der Waals surface area contributed by atoms with E-state index in [1.807, 2.05) is 36.4 Å². The van der Waals surface area contributed by atoms with Gasteiger partial charge < -0.3 is 5.32 Å². The van der Waals surface area contributed by atoms with Gasteiger partial charge in [0, 0.05) is 17.8 Å². The van der Waals surface area contributed by atoms with Gasteiger partial charge in [0.25, 0.3) is 0 Å². The van der Waals surface area contributed by atoms with E-state index in [0.717, 1.165) is 16.6 Å². The number of hydrogen-bond donors (Lipinski definition) is 1. The van der Waals surface area contributed by atoms with Crippen LogP contribution in [0.5, 0.6) is 0 Å². The van der Waals surface area contributed by atoms with Gasteiger partial charge in [-0.25, -0.2) is 0 Å². The van der Waals surface area contributed by atoms with E-state index in [1.54, 1.807) is 0 Å². The number of benzene rings is 3. The van der Waals surface area contributed by atoms with Gasteiger partial charge in [-0.05, 0) is 17.2 Å². The van der Waals surface area contributed by atoms with E-state index < -0.39 is 0 Å². The molecule has 0 saturated heterocycles. The monoisotopic (exact) mass is 350 g/mol. The van der Waals surface area contributed by atoms with E-state index in [1.165, 1.54) is 11.1 Å². The maximum Gasteiger partial charge on any atom is 0.186 e. The van der Waals surface area contributed by atoms with Crippen LogP contribution in [0.25, 0.3) is 10.9 Å². The largest absolute Gasteiger partial charge is 0.381 e. The molecule has 0 atom stereocenters. The molecule has 0 amide bonds. The molecule has 1 N–H and O–H groups in total. The van der Waals surface area contributed by atoms with Crippen molar-refractivity contribution in [3.05, 3.63) is 102 Å². The van der Waals surface area contributed by atoms with Crippen molar-refractivity contribution in [3.8, 4) is 6.07 Å². The van der Waals surface area contributed by atoms with Gasteiger partial charge in [0.05, 0.1) is 11.2 Å². The minimum atomic E-state index is 0.158. The Morgan fingerprint density at radius 1 is 0.778 bits per heavy atom. The van der Waals surface area contributed by atoms with E-state index >= 15 is 0 Å². The van der Waals surface area contributed by atoms with E-state index in [-0.39, 0.29) is 5.92 Å². The maximum absolute atomic E-state index is 9.48. The summed E-state index contributed by atoms with van der Waals surface area (Å²) in [7, 11) is 0. The lowest BCUT2D eigenvalue weighted by Crippen LogP contribution is -2.15. The van der Waals surface area contributed by atoms with E-state index in [2.05, 4.69) is 70.1 Å². The summed E-state index contributed by atoms with van der Waals surface area (Å²) in [5, 5.41) is 22.1. The first kappa shape index (κ1) is 16.7. The highest BCUT2D eigenvalue weighted by atomic mass is 15.1. The van der Waals surface area contributed by atoms with Crippen LogP contribution in [0, 0.1) is 11.3 Å². The van der Waals surface area contributed by atoms with Crippen molar-refractivity contribution in [2.24, 2.45) is 0 Å². The standard InChI is InChI=1S/C23H18N4/c24-15-22-23(19-13-7-8-14-21(19)26-27-22)25-16-20(17-9-3-1-4-10-17)18-11-5-2-6-12-18/h1-14,20H,16H2,(H,25,26). The summed E-state index contributed by atoms with van der Waals surface area (Å²) in [6.45, 7) is 0.651. The summed E-state index contributed by atoms with van der Waals surface area (Å²) in [6.07, 6.45) is 0. The molecule has 0 aliphatic rings. The molecule has 4 nitrogen and oxygen atoms in total. The predicted molar refractivity (Wildman–Crippen MR) is 107 cm³/mol. The smallest absolute Gasteiger partial charge is 0.186 e. The van der Waals surface area contributed by atoms with Gasteiger partial charge in [-0.2, -0.15) is 5.26 Å². The number of hydrogen-bond acceptors (Lipinski definition) is 4. The highest BCUT2D eigenvalue weighted by molar-refractivity contribution is 5.92. The third kappa shape index (κ3) is 3.49. The summed E-state index contributed by atoms with van der Waals surface area (Å²) in [5.74, 6) is 0.158. The lowest BCUT2D eigenvalue weighted by molar-refractivity contribution is 0.851. The number of anilines is 1. The van der Waals surface area contributed by atoms with Crippen LogP contribution < -0.4 is 5.32 Å². The van der Waals surface area contributed by atoms with Crippen molar-refractivity contribution in [1.29, 1.82) is 5.26 Å². The molecule has 1 heterocycles. The highest BCUT2D eigenvalue weighted by Gasteiger charge is 2.16. The molecule has 0 radical (unpaired) electrons. The van der Waals surface area contributed by atoms with E-state index in [9.17, 15) is 5.26 Å². The summed E-state index contributed by atoms with van der Waals surface area (Å²) in [6, 6.07) is 30.7. The van der Waals surface area contributed by atoms with Gasteiger partial charge >= 0.3 is 0 Å². The number of nitrogens with zero attached hydrogens (tertiary/aromatic N) is 3. The van der Waals surface area contributed by atoms with Crippen LogP contribution in [0.3, 0.4) is 0 Å². The van der Waals surface area contributed by atoms with Crippen LogP contribution in [0.15, 0.2) is 84.9 Å². The molecule has 3 aromatic carbocycles. The second kappa shape index (κ2) is 7.67. The summed E-state index contributed by atoms with van der Waals surface area (Å²) in [4.78, 5) is 0. The van der Waals surface area contributed by atoms with Crippen LogP contribution in [0.2, 0.25) is 0 Å². The second-order valence-electron chi connectivity index (χ2n) is 6.31. The molecular weight excluding hydrogens is 332 g/mol. The number of aromatic nitrogens is 2. The van der Waals surface area contributed by atoms with Crippen LogP contribution in [0.4, 0.5) is 5.69 Å². The fraction of sp³-hybridized carbons (Fsp3) is 0.0870. The molecule has 0 aliphatic heterocycles. The van der Waals surface area contributed by atoms with Gasteiger partial charge in [-0.1, -0.05) is 78.9 Å². The molecule has 0 aliphatic carbocycles. The van der Waals surface area contributed by atoms with Gasteiger partial charge in [0.2, 0.25) is 0 Å². The van der Waals surface area contributed by atoms with Crippen molar-refractivity contribution < 1.29 is 0 Å². The fourth-order valence-corrected chi connectivity index (χ4v) is 3.31. The van der Waals surface area contributed by atoms with Crippen molar-refractivity contribution in [2.75, 3.05) is 11.9 Å². The molecule has 27 heavy (non-hydrogen) atoms. The average molecular weight is 350 g/mol. The quantitative estimate of drug-likeness (QED) is 0.564. The Morgan fingerprint density at radius 2 is 1.37 bits per heavy atom. The highest BCUT2D eigenvalue weighted by Crippen LogP contribution is 2.28. The third-order valence-electron chi connectivity index (χ3n) is 4.66. The summed E-state index contributed by atoms with van der Waals surface area (Å²) in [5.41, 5.74) is 4.27. The van der Waals surface area contributed by atoms with E-state index in [4.69, 9.17) is 0 Å². The summed E-state index contributed by atoms with van der Waals surface area (Å²) >= 11 is 0. The van der Waals surface area contributed by atoms with Crippen molar-refractivity contribution in [1.82, 2.24) is 10.2 Å². The lowest BCUT2D eigenvalue weighted by atomic mass is 9.91. The summed E-state index contributed by atoms with van der Waals surface area (Å²) < 4.78 is 0. The first-order chi connectivity index (χ1) is 13.4. The molecule has 130 valence electrons. The van der Waals surface area contributed by atoms with Gasteiger partial charge in [0.1, 0.15) is 6.07 Å². The van der Waals surface area contributed by atoms with Crippen LogP contribution in [-0.2, 0) is 0 Å². The molecule has 1 aromatic heterocycles. The normalized spacial score (nSPS) is 10.7. The molecule has 4 aromatic rings. The fourth-order valence-electron chi connectivity index (χ4n) is 3.31. The SMILES string of the molecule is N#Cc1nnc2ccccc2c1NCC(c1ccccc1)c1ccccc1. The van der Waals surface area contributed by atoms with Crippen molar-refractivity contribution in [2.45, 2.75) is 5.92 Å². The minimum Gasteiger partial charge on any atom is -0.381 e. The Labute approximate surface area is 158 Å². The molecule has 4 rings (SSSR count). The third-order valence-corrected chi connectivity index (χ3v) is 4.66. The molecule has 0 unspecified atom stereocenters. The second-order valence-corrected chi connectivity index (χ2v) is 6.31. The Balaban J connectivity index is 1.72. The Kier molecular flexibility index (Phi) is 4.76.